The van der Waals surface area contributed by atoms with Gasteiger partial charge in [0.05, 0.1) is 11.3 Å². The molecule has 0 saturated heterocycles. The Hall–Kier alpha value is -3.68. The first-order chi connectivity index (χ1) is 18.1. The highest BCUT2D eigenvalue weighted by molar-refractivity contribution is 6.12. The summed E-state index contributed by atoms with van der Waals surface area (Å²) in [5, 5.41) is 0. The van der Waals surface area contributed by atoms with E-state index in [2.05, 4.69) is 41.8 Å². The highest BCUT2D eigenvalue weighted by Crippen LogP contribution is 2.41. The maximum absolute atomic E-state index is 13.7. The summed E-state index contributed by atoms with van der Waals surface area (Å²) in [4.78, 5) is 47.6. The van der Waals surface area contributed by atoms with E-state index in [-0.39, 0.29) is 28.2 Å². The molecular weight excluding hydrogens is 478 g/mol. The van der Waals surface area contributed by atoms with Crippen LogP contribution in [-0.4, -0.2) is 45.3 Å². The fraction of sp³-hybridized carbons (Fsp3) is 0.467. The molecule has 3 aromatic heterocycles. The minimum absolute atomic E-state index is 0.110. The number of nitrogens with zero attached hydrogens (tertiary/aromatic N) is 5. The van der Waals surface area contributed by atoms with E-state index in [1.165, 1.54) is 22.5 Å². The lowest BCUT2D eigenvalue weighted by Crippen LogP contribution is -2.43. The van der Waals surface area contributed by atoms with Gasteiger partial charge in [-0.05, 0) is 65.8 Å². The summed E-state index contributed by atoms with van der Waals surface area (Å²) in [7, 11) is 0. The van der Waals surface area contributed by atoms with Gasteiger partial charge in [0.25, 0.3) is 11.8 Å². The number of hydrogen-bond donors (Lipinski definition) is 0. The van der Waals surface area contributed by atoms with E-state index in [4.69, 9.17) is 0 Å². The third kappa shape index (κ3) is 3.28. The first-order valence-corrected chi connectivity index (χ1v) is 13.6. The molecule has 4 aliphatic rings. The van der Waals surface area contributed by atoms with Crippen molar-refractivity contribution in [3.05, 3.63) is 63.9 Å². The molecule has 2 amide bonds. The summed E-state index contributed by atoms with van der Waals surface area (Å²) < 4.78 is 4.31. The summed E-state index contributed by atoms with van der Waals surface area (Å²) in [5.74, 6) is 0.0733. The lowest BCUT2D eigenvalue weighted by molar-refractivity contribution is 0.0957. The number of carbonyl (C=O) groups is 3. The molecule has 0 saturated carbocycles. The molecule has 7 rings (SSSR count). The molecule has 0 bridgehead atoms. The molecule has 2 aliphatic carbocycles. The van der Waals surface area contributed by atoms with Crippen LogP contribution in [-0.2, 0) is 38.8 Å². The average Bonchev–Trinajstić information content (AvgIpc) is 3.55. The molecular formula is C30H33N5O3. The lowest BCUT2D eigenvalue weighted by atomic mass is 9.90. The van der Waals surface area contributed by atoms with E-state index in [0.717, 1.165) is 32.0 Å². The van der Waals surface area contributed by atoms with Crippen molar-refractivity contribution in [1.82, 2.24) is 14.1 Å². The predicted octanol–water partition coefficient (Wildman–Crippen LogP) is 4.07. The highest BCUT2D eigenvalue weighted by Gasteiger charge is 2.40. The van der Waals surface area contributed by atoms with Crippen molar-refractivity contribution in [2.45, 2.75) is 66.5 Å². The molecule has 0 spiro atoms. The van der Waals surface area contributed by atoms with Crippen LogP contribution in [0.25, 0.3) is 0 Å². The SMILES string of the molecule is CC1(C)Cc2cc3n(c2C1)CCN(c1ccnc(N2CCn4c(cc5c4CC(C)(C)C5)C2=O)c1C=O)C3=O. The third-order valence-electron chi connectivity index (χ3n) is 8.86. The second-order valence-electron chi connectivity index (χ2n) is 12.9. The van der Waals surface area contributed by atoms with Gasteiger partial charge >= 0.3 is 0 Å². The molecule has 2 aliphatic heterocycles. The molecule has 0 aromatic carbocycles. The molecule has 0 unspecified atom stereocenters. The van der Waals surface area contributed by atoms with Crippen molar-refractivity contribution >= 4 is 29.6 Å². The molecule has 0 fully saturated rings. The van der Waals surface area contributed by atoms with E-state index in [1.54, 1.807) is 22.1 Å². The zero-order valence-electron chi connectivity index (χ0n) is 22.5. The largest absolute Gasteiger partial charge is 0.339 e. The van der Waals surface area contributed by atoms with Crippen molar-refractivity contribution in [2.24, 2.45) is 10.8 Å². The molecule has 8 heteroatoms. The number of pyridine rings is 1. The molecule has 5 heterocycles. The van der Waals surface area contributed by atoms with Crippen molar-refractivity contribution < 1.29 is 14.4 Å². The van der Waals surface area contributed by atoms with Crippen molar-refractivity contribution in [2.75, 3.05) is 22.9 Å². The minimum atomic E-state index is -0.144. The van der Waals surface area contributed by atoms with Crippen molar-refractivity contribution in [3.63, 3.8) is 0 Å². The molecule has 3 aromatic rings. The fourth-order valence-electron chi connectivity index (χ4n) is 7.27. The van der Waals surface area contributed by atoms with Gasteiger partial charge in [-0.1, -0.05) is 27.7 Å². The predicted molar refractivity (Wildman–Crippen MR) is 144 cm³/mol. The van der Waals surface area contributed by atoms with Crippen LogP contribution < -0.4 is 9.80 Å². The quantitative estimate of drug-likeness (QED) is 0.497. The van der Waals surface area contributed by atoms with Gasteiger partial charge < -0.3 is 14.0 Å². The molecule has 0 radical (unpaired) electrons. The number of aldehydes is 1. The van der Waals surface area contributed by atoms with Crippen LogP contribution in [0.15, 0.2) is 24.4 Å². The van der Waals surface area contributed by atoms with Gasteiger partial charge in [0.2, 0.25) is 0 Å². The van der Waals surface area contributed by atoms with Crippen LogP contribution in [0.2, 0.25) is 0 Å². The Morgan fingerprint density at radius 2 is 1.29 bits per heavy atom. The minimum Gasteiger partial charge on any atom is -0.339 e. The second-order valence-corrected chi connectivity index (χ2v) is 12.9. The first kappa shape index (κ1) is 23.4. The van der Waals surface area contributed by atoms with E-state index in [9.17, 15) is 14.4 Å². The number of rotatable bonds is 3. The molecule has 8 nitrogen and oxygen atoms in total. The van der Waals surface area contributed by atoms with Crippen molar-refractivity contribution in [1.29, 1.82) is 0 Å². The summed E-state index contributed by atoms with van der Waals surface area (Å²) in [6.07, 6.45) is 6.20. The van der Waals surface area contributed by atoms with Crippen molar-refractivity contribution in [3.8, 4) is 0 Å². The summed E-state index contributed by atoms with van der Waals surface area (Å²) in [5.41, 5.74) is 7.59. The van der Waals surface area contributed by atoms with Gasteiger partial charge in [0.15, 0.2) is 6.29 Å². The summed E-state index contributed by atoms with van der Waals surface area (Å²) in [6, 6.07) is 5.77. The van der Waals surface area contributed by atoms with E-state index in [1.807, 2.05) is 12.1 Å². The zero-order valence-corrected chi connectivity index (χ0v) is 22.5. The summed E-state index contributed by atoms with van der Waals surface area (Å²) in [6.45, 7) is 11.3. The molecule has 38 heavy (non-hydrogen) atoms. The molecule has 0 atom stereocenters. The van der Waals surface area contributed by atoms with Gasteiger partial charge in [0, 0.05) is 43.8 Å². The Bertz CT molecular complexity index is 1450. The van der Waals surface area contributed by atoms with Gasteiger partial charge in [-0.3, -0.25) is 19.3 Å². The number of hydrogen-bond acceptors (Lipinski definition) is 4. The summed E-state index contributed by atoms with van der Waals surface area (Å²) >= 11 is 0. The Morgan fingerprint density at radius 3 is 1.84 bits per heavy atom. The van der Waals surface area contributed by atoms with Gasteiger partial charge in [-0.15, -0.1) is 0 Å². The number of aromatic nitrogens is 3. The Labute approximate surface area is 222 Å². The fourth-order valence-corrected chi connectivity index (χ4v) is 7.27. The third-order valence-corrected chi connectivity index (χ3v) is 8.86. The number of carbonyl (C=O) groups excluding carboxylic acids is 3. The van der Waals surface area contributed by atoms with Crippen LogP contribution in [0.4, 0.5) is 11.5 Å². The number of fused-ring (bicyclic) bond motifs is 6. The Morgan fingerprint density at radius 1 is 0.763 bits per heavy atom. The van der Waals surface area contributed by atoms with E-state index in [0.29, 0.717) is 49.1 Å². The van der Waals surface area contributed by atoms with E-state index >= 15 is 0 Å². The van der Waals surface area contributed by atoms with Crippen LogP contribution in [0.1, 0.15) is 81.5 Å². The average molecular weight is 512 g/mol. The number of anilines is 2. The first-order valence-electron chi connectivity index (χ1n) is 13.6. The number of amides is 2. The Balaban J connectivity index is 1.22. The van der Waals surface area contributed by atoms with Gasteiger partial charge in [0.1, 0.15) is 17.2 Å². The van der Waals surface area contributed by atoms with Gasteiger partial charge in [-0.2, -0.15) is 0 Å². The Kier molecular flexibility index (Phi) is 4.74. The lowest BCUT2D eigenvalue weighted by Gasteiger charge is -2.33. The van der Waals surface area contributed by atoms with Crippen LogP contribution in [0.3, 0.4) is 0 Å². The van der Waals surface area contributed by atoms with Crippen LogP contribution in [0, 0.1) is 10.8 Å². The zero-order chi connectivity index (χ0) is 26.6. The highest BCUT2D eigenvalue weighted by atomic mass is 16.2. The maximum Gasteiger partial charge on any atom is 0.276 e. The molecule has 196 valence electrons. The van der Waals surface area contributed by atoms with Crippen LogP contribution in [0.5, 0.6) is 0 Å². The maximum atomic E-state index is 13.7. The van der Waals surface area contributed by atoms with Crippen LogP contribution >= 0.6 is 0 Å². The smallest absolute Gasteiger partial charge is 0.276 e. The molecule has 0 N–H and O–H groups in total. The standard InChI is InChI=1S/C30H33N5O3/c1-29(2)13-18-11-22-27(37)34(9-7-32(22)24(18)15-29)21-5-6-31-26(20(21)17-36)35-10-8-33-23(28(35)38)12-19-14-30(3,4)16-25(19)33/h5-6,11-12,17H,7-10,13-16H2,1-4H3. The monoisotopic (exact) mass is 511 g/mol. The second kappa shape index (κ2) is 7.68. The van der Waals surface area contributed by atoms with E-state index < -0.39 is 0 Å². The normalized spacial score (nSPS) is 20.8. The van der Waals surface area contributed by atoms with Gasteiger partial charge in [-0.25, -0.2) is 4.98 Å². The topological polar surface area (TPSA) is 80.4 Å².